The molecule has 2 aromatic rings. The van der Waals surface area contributed by atoms with E-state index in [2.05, 4.69) is 5.32 Å². The molecular formula is C25H30ClN3O5S. The van der Waals surface area contributed by atoms with Crippen molar-refractivity contribution in [3.63, 3.8) is 0 Å². The second-order valence-corrected chi connectivity index (χ2v) is 10.9. The maximum absolute atomic E-state index is 13.2. The van der Waals surface area contributed by atoms with Crippen LogP contribution in [0.2, 0.25) is 5.02 Å². The van der Waals surface area contributed by atoms with E-state index in [0.717, 1.165) is 16.3 Å². The van der Waals surface area contributed by atoms with Gasteiger partial charge in [-0.3, -0.25) is 14.4 Å². The lowest BCUT2D eigenvalue weighted by molar-refractivity contribution is -0.141. The van der Waals surface area contributed by atoms with Crippen LogP contribution in [-0.4, -0.2) is 54.0 Å². The number of amides is 3. The highest BCUT2D eigenvalue weighted by Gasteiger charge is 2.40. The number of hydrogen-bond donors (Lipinski definition) is 1. The monoisotopic (exact) mass is 519 g/mol. The number of halogens is 1. The third-order valence-corrected chi connectivity index (χ3v) is 8.15. The summed E-state index contributed by atoms with van der Waals surface area (Å²) in [5.74, 6) is -1.19. The highest BCUT2D eigenvalue weighted by molar-refractivity contribution is 7.90. The number of rotatable bonds is 10. The predicted octanol–water partition coefficient (Wildman–Crippen LogP) is 3.60. The maximum atomic E-state index is 13.2. The maximum Gasteiger partial charge on any atom is 0.269 e. The number of fused-ring (bicyclic) bond motifs is 1. The zero-order valence-corrected chi connectivity index (χ0v) is 21.6. The summed E-state index contributed by atoms with van der Waals surface area (Å²) in [5, 5.41) is 3.42. The summed E-state index contributed by atoms with van der Waals surface area (Å²) in [4.78, 5) is 40.1. The molecule has 0 bridgehead atoms. The van der Waals surface area contributed by atoms with Crippen LogP contribution in [0, 0.1) is 0 Å². The molecule has 8 nitrogen and oxygen atoms in total. The predicted molar refractivity (Wildman–Crippen MR) is 133 cm³/mol. The van der Waals surface area contributed by atoms with Crippen LogP contribution in [0.1, 0.15) is 56.0 Å². The number of hydrogen-bond acceptors (Lipinski definition) is 5. The molecule has 1 N–H and O–H groups in total. The van der Waals surface area contributed by atoms with Crippen LogP contribution in [0.3, 0.4) is 0 Å². The summed E-state index contributed by atoms with van der Waals surface area (Å²) in [5.41, 5.74) is 0.901. The summed E-state index contributed by atoms with van der Waals surface area (Å²) < 4.78 is 26.3. The quantitative estimate of drug-likeness (QED) is 0.516. The summed E-state index contributed by atoms with van der Waals surface area (Å²) >= 11 is 6.10. The fraction of sp³-hybridized carbons (Fsp3) is 0.400. The van der Waals surface area contributed by atoms with E-state index < -0.39 is 22.0 Å². The Bertz CT molecular complexity index is 1220. The lowest BCUT2D eigenvalue weighted by Crippen LogP contribution is -2.49. The van der Waals surface area contributed by atoms with Gasteiger partial charge in [0.05, 0.1) is 5.56 Å². The molecule has 2 atom stereocenters. The van der Waals surface area contributed by atoms with Gasteiger partial charge in [-0.1, -0.05) is 42.8 Å². The summed E-state index contributed by atoms with van der Waals surface area (Å²) in [7, 11) is -3.93. The van der Waals surface area contributed by atoms with Gasteiger partial charge in [-0.05, 0) is 56.5 Å². The first-order valence-electron chi connectivity index (χ1n) is 11.6. The summed E-state index contributed by atoms with van der Waals surface area (Å²) in [6, 6.07) is 12.3. The van der Waals surface area contributed by atoms with E-state index in [1.165, 1.54) is 17.0 Å². The molecule has 10 heteroatoms. The third-order valence-electron chi connectivity index (χ3n) is 6.07. The number of carbonyl (C=O) groups excluding carboxylic acids is 3. The minimum absolute atomic E-state index is 0.0192. The molecule has 0 spiro atoms. The normalized spacial score (nSPS) is 15.9. The van der Waals surface area contributed by atoms with Gasteiger partial charge in [0.1, 0.15) is 10.9 Å². The van der Waals surface area contributed by atoms with Crippen molar-refractivity contribution in [3.8, 4) is 0 Å². The Labute approximate surface area is 211 Å². The van der Waals surface area contributed by atoms with Crippen LogP contribution in [-0.2, 0) is 26.2 Å². The average molecular weight is 520 g/mol. The highest BCUT2D eigenvalue weighted by atomic mass is 35.5. The molecule has 0 fully saturated rings. The van der Waals surface area contributed by atoms with Gasteiger partial charge in [0.15, 0.2) is 0 Å². The summed E-state index contributed by atoms with van der Waals surface area (Å²) in [6.45, 7) is 5.54. The Kier molecular flexibility index (Phi) is 8.56. The molecule has 0 saturated heterocycles. The van der Waals surface area contributed by atoms with Crippen LogP contribution in [0.4, 0.5) is 0 Å². The second-order valence-electron chi connectivity index (χ2n) is 8.63. The largest absolute Gasteiger partial charge is 0.352 e. The minimum atomic E-state index is -3.93. The molecule has 1 aliphatic rings. The van der Waals surface area contributed by atoms with E-state index in [4.69, 9.17) is 11.6 Å². The van der Waals surface area contributed by atoms with E-state index in [-0.39, 0.29) is 54.2 Å². The lowest BCUT2D eigenvalue weighted by atomic mass is 10.1. The summed E-state index contributed by atoms with van der Waals surface area (Å²) in [6.07, 6.45) is 0.849. The number of sulfonamides is 1. The fourth-order valence-corrected chi connectivity index (χ4v) is 5.67. The molecule has 1 heterocycles. The van der Waals surface area contributed by atoms with Crippen molar-refractivity contribution in [1.82, 2.24) is 14.5 Å². The van der Waals surface area contributed by atoms with Gasteiger partial charge in [-0.2, -0.15) is 0 Å². The molecule has 35 heavy (non-hydrogen) atoms. The minimum Gasteiger partial charge on any atom is -0.352 e. The van der Waals surface area contributed by atoms with Gasteiger partial charge in [0.2, 0.25) is 11.8 Å². The molecule has 0 radical (unpaired) electrons. The molecule has 188 valence electrons. The Morgan fingerprint density at radius 3 is 2.49 bits per heavy atom. The average Bonchev–Trinajstić information content (AvgIpc) is 3.02. The lowest BCUT2D eigenvalue weighted by Gasteiger charge is -2.30. The number of benzene rings is 2. The Morgan fingerprint density at radius 2 is 1.83 bits per heavy atom. The molecule has 0 aromatic heterocycles. The number of nitrogens with zero attached hydrogens (tertiary/aromatic N) is 2. The molecule has 1 aliphatic heterocycles. The van der Waals surface area contributed by atoms with Gasteiger partial charge < -0.3 is 10.2 Å². The van der Waals surface area contributed by atoms with Gasteiger partial charge in [0.25, 0.3) is 15.9 Å². The van der Waals surface area contributed by atoms with Crippen LogP contribution in [0.25, 0.3) is 0 Å². The number of nitrogens with one attached hydrogen (secondary N) is 1. The van der Waals surface area contributed by atoms with Crippen LogP contribution in [0.5, 0.6) is 0 Å². The molecular weight excluding hydrogens is 490 g/mol. The van der Waals surface area contributed by atoms with Crippen LogP contribution >= 0.6 is 11.6 Å². The van der Waals surface area contributed by atoms with Gasteiger partial charge in [-0.25, -0.2) is 12.7 Å². The van der Waals surface area contributed by atoms with E-state index in [0.29, 0.717) is 5.02 Å². The van der Waals surface area contributed by atoms with Crippen molar-refractivity contribution in [2.75, 3.05) is 6.54 Å². The Hall–Kier alpha value is -2.91. The second kappa shape index (κ2) is 11.2. The van der Waals surface area contributed by atoms with Crippen molar-refractivity contribution < 1.29 is 22.8 Å². The van der Waals surface area contributed by atoms with Gasteiger partial charge in [-0.15, -0.1) is 0 Å². The van der Waals surface area contributed by atoms with E-state index in [1.54, 1.807) is 37.3 Å². The Balaban J connectivity index is 1.71. The molecule has 0 unspecified atom stereocenters. The number of carbonyl (C=O) groups is 3. The third kappa shape index (κ3) is 6.02. The first-order chi connectivity index (χ1) is 16.6. The van der Waals surface area contributed by atoms with Crippen molar-refractivity contribution in [1.29, 1.82) is 0 Å². The standard InChI is InChI=1S/C25H30ClN3O5S/c1-4-17(2)27-24(31)18(3)28(16-19-9-7-10-20(26)15-19)23(30)13-8-14-29-25(32)21-11-5-6-12-22(21)35(29,33)34/h5-7,9-12,15,17-18H,4,8,13-14,16H2,1-3H3,(H,27,31)/t17-,18-/m0/s1. The van der Waals surface area contributed by atoms with Crippen molar-refractivity contribution in [2.45, 2.75) is 63.6 Å². The van der Waals surface area contributed by atoms with E-state index in [1.807, 2.05) is 19.9 Å². The van der Waals surface area contributed by atoms with Gasteiger partial charge in [0, 0.05) is 30.6 Å². The smallest absolute Gasteiger partial charge is 0.269 e. The molecule has 3 rings (SSSR count). The first-order valence-corrected chi connectivity index (χ1v) is 13.4. The fourth-order valence-electron chi connectivity index (χ4n) is 3.85. The molecule has 3 amide bonds. The zero-order valence-electron chi connectivity index (χ0n) is 20.0. The van der Waals surface area contributed by atoms with Gasteiger partial charge >= 0.3 is 0 Å². The highest BCUT2D eigenvalue weighted by Crippen LogP contribution is 2.30. The SMILES string of the molecule is CC[C@H](C)NC(=O)[C@H](C)N(Cc1cccc(Cl)c1)C(=O)CCCN1C(=O)c2ccccc2S1(=O)=O. The topological polar surface area (TPSA) is 104 Å². The Morgan fingerprint density at radius 1 is 1.11 bits per heavy atom. The van der Waals surface area contributed by atoms with Crippen LogP contribution in [0.15, 0.2) is 53.4 Å². The van der Waals surface area contributed by atoms with Crippen molar-refractivity contribution in [3.05, 3.63) is 64.7 Å². The van der Waals surface area contributed by atoms with E-state index >= 15 is 0 Å². The van der Waals surface area contributed by atoms with E-state index in [9.17, 15) is 22.8 Å². The zero-order chi connectivity index (χ0) is 25.8. The van der Waals surface area contributed by atoms with Crippen LogP contribution < -0.4 is 5.32 Å². The molecule has 2 aromatic carbocycles. The molecule has 0 saturated carbocycles. The molecule has 0 aliphatic carbocycles. The van der Waals surface area contributed by atoms with Crippen molar-refractivity contribution >= 4 is 39.3 Å². The first kappa shape index (κ1) is 26.7. The van der Waals surface area contributed by atoms with Crippen molar-refractivity contribution in [2.24, 2.45) is 0 Å².